The standard InChI is InChI=1S/C14H15NO3/c1-3-9-7-5-6-8-10(9)15-11-12(16)13(17)14(11)18-4-2/h5-8,15H,3-4H2,1-2H3. The van der Waals surface area contributed by atoms with Gasteiger partial charge in [0, 0.05) is 5.69 Å². The van der Waals surface area contributed by atoms with Gasteiger partial charge < -0.3 is 10.1 Å². The second-order valence-corrected chi connectivity index (χ2v) is 3.93. The van der Waals surface area contributed by atoms with E-state index < -0.39 is 10.9 Å². The molecule has 0 fully saturated rings. The van der Waals surface area contributed by atoms with Crippen molar-refractivity contribution >= 4 is 11.4 Å². The fourth-order valence-electron chi connectivity index (χ4n) is 1.85. The number of aryl methyl sites for hydroxylation is 1. The van der Waals surface area contributed by atoms with Crippen LogP contribution in [0.3, 0.4) is 0 Å². The summed E-state index contributed by atoms with van der Waals surface area (Å²) in [6, 6.07) is 7.68. The zero-order valence-electron chi connectivity index (χ0n) is 10.4. The van der Waals surface area contributed by atoms with Crippen molar-refractivity contribution in [1.82, 2.24) is 0 Å². The van der Waals surface area contributed by atoms with E-state index in [1.807, 2.05) is 31.2 Å². The summed E-state index contributed by atoms with van der Waals surface area (Å²) in [6.45, 7) is 4.18. The first-order valence-electron chi connectivity index (χ1n) is 6.00. The second-order valence-electron chi connectivity index (χ2n) is 3.93. The number of hydrogen-bond acceptors (Lipinski definition) is 4. The maximum Gasteiger partial charge on any atom is 0.272 e. The summed E-state index contributed by atoms with van der Waals surface area (Å²) in [5, 5.41) is 3.00. The SMILES string of the molecule is CCOc1c(Nc2ccccc2CC)c(=O)c1=O. The lowest BCUT2D eigenvalue weighted by molar-refractivity contribution is 0.335. The molecule has 2 aromatic rings. The van der Waals surface area contributed by atoms with Crippen molar-refractivity contribution in [3.05, 3.63) is 50.3 Å². The van der Waals surface area contributed by atoms with Gasteiger partial charge in [-0.25, -0.2) is 0 Å². The summed E-state index contributed by atoms with van der Waals surface area (Å²) in [4.78, 5) is 22.8. The molecule has 0 heterocycles. The highest BCUT2D eigenvalue weighted by Crippen LogP contribution is 2.25. The Bertz CT molecular complexity index is 624. The molecule has 0 spiro atoms. The van der Waals surface area contributed by atoms with Crippen molar-refractivity contribution < 1.29 is 4.74 Å². The van der Waals surface area contributed by atoms with E-state index in [1.54, 1.807) is 6.92 Å². The fraction of sp³-hybridized carbons (Fsp3) is 0.286. The van der Waals surface area contributed by atoms with Gasteiger partial charge >= 0.3 is 0 Å². The topological polar surface area (TPSA) is 55.4 Å². The maximum atomic E-state index is 11.5. The van der Waals surface area contributed by atoms with E-state index in [-0.39, 0.29) is 11.4 Å². The number of benzene rings is 1. The van der Waals surface area contributed by atoms with Crippen LogP contribution in [0.4, 0.5) is 11.4 Å². The molecule has 0 atom stereocenters. The lowest BCUT2D eigenvalue weighted by Crippen LogP contribution is -2.35. The van der Waals surface area contributed by atoms with Gasteiger partial charge in [0.2, 0.25) is 0 Å². The first-order valence-corrected chi connectivity index (χ1v) is 6.00. The molecule has 4 nitrogen and oxygen atoms in total. The Kier molecular flexibility index (Phi) is 3.46. The third-order valence-electron chi connectivity index (χ3n) is 2.81. The van der Waals surface area contributed by atoms with Crippen molar-refractivity contribution in [3.63, 3.8) is 0 Å². The lowest BCUT2D eigenvalue weighted by Gasteiger charge is -2.15. The molecule has 0 bridgehead atoms. The molecule has 18 heavy (non-hydrogen) atoms. The third-order valence-corrected chi connectivity index (χ3v) is 2.81. The van der Waals surface area contributed by atoms with Crippen molar-refractivity contribution in [2.24, 2.45) is 0 Å². The molecule has 0 amide bonds. The van der Waals surface area contributed by atoms with Crippen LogP contribution in [0.25, 0.3) is 0 Å². The Labute approximate surface area is 105 Å². The molecule has 0 unspecified atom stereocenters. The van der Waals surface area contributed by atoms with Crippen molar-refractivity contribution in [2.45, 2.75) is 20.3 Å². The molecule has 2 rings (SSSR count). The minimum absolute atomic E-state index is 0.147. The lowest BCUT2D eigenvalue weighted by atomic mass is 10.1. The first kappa shape index (κ1) is 12.4. The van der Waals surface area contributed by atoms with Gasteiger partial charge in [-0.05, 0) is 25.0 Å². The summed E-state index contributed by atoms with van der Waals surface area (Å²) in [6.07, 6.45) is 0.850. The fourth-order valence-corrected chi connectivity index (χ4v) is 1.85. The summed E-state index contributed by atoms with van der Waals surface area (Å²) in [5.74, 6) is 0.147. The summed E-state index contributed by atoms with van der Waals surface area (Å²) in [7, 11) is 0. The molecule has 94 valence electrons. The van der Waals surface area contributed by atoms with Gasteiger partial charge in [-0.15, -0.1) is 0 Å². The summed E-state index contributed by atoms with van der Waals surface area (Å²) in [5.41, 5.74) is 1.14. The van der Waals surface area contributed by atoms with E-state index in [9.17, 15) is 9.59 Å². The van der Waals surface area contributed by atoms with Crippen LogP contribution in [-0.2, 0) is 6.42 Å². The predicted molar refractivity (Wildman–Crippen MR) is 71.6 cm³/mol. The average Bonchev–Trinajstić information content (AvgIpc) is 2.42. The van der Waals surface area contributed by atoms with Crippen LogP contribution in [0.1, 0.15) is 19.4 Å². The van der Waals surface area contributed by atoms with Crippen LogP contribution in [-0.4, -0.2) is 6.61 Å². The normalized spacial score (nSPS) is 10.6. The van der Waals surface area contributed by atoms with Gasteiger partial charge in [-0.3, -0.25) is 9.59 Å². The highest BCUT2D eigenvalue weighted by molar-refractivity contribution is 5.71. The van der Waals surface area contributed by atoms with Gasteiger partial charge in [0.1, 0.15) is 5.69 Å². The smallest absolute Gasteiger partial charge is 0.272 e. The molecule has 0 aliphatic heterocycles. The van der Waals surface area contributed by atoms with E-state index in [0.717, 1.165) is 17.7 Å². The Balaban J connectivity index is 2.32. The van der Waals surface area contributed by atoms with Crippen molar-refractivity contribution in [3.8, 4) is 5.75 Å². The minimum atomic E-state index is -0.548. The molecular weight excluding hydrogens is 230 g/mol. The number of ether oxygens (including phenoxy) is 1. The highest BCUT2D eigenvalue weighted by Gasteiger charge is 2.22. The average molecular weight is 245 g/mol. The van der Waals surface area contributed by atoms with Gasteiger partial charge in [-0.1, -0.05) is 25.1 Å². The quantitative estimate of drug-likeness (QED) is 0.818. The van der Waals surface area contributed by atoms with Gasteiger partial charge in [0.25, 0.3) is 10.9 Å². The number of para-hydroxylation sites is 1. The van der Waals surface area contributed by atoms with Gasteiger partial charge in [-0.2, -0.15) is 0 Å². The molecule has 4 heteroatoms. The van der Waals surface area contributed by atoms with E-state index in [1.165, 1.54) is 0 Å². The minimum Gasteiger partial charge on any atom is -0.488 e. The second kappa shape index (κ2) is 5.04. The molecule has 0 aliphatic rings. The maximum absolute atomic E-state index is 11.5. The van der Waals surface area contributed by atoms with E-state index in [4.69, 9.17) is 4.74 Å². The number of rotatable bonds is 5. The zero-order valence-corrected chi connectivity index (χ0v) is 10.4. The predicted octanol–water partition coefficient (Wildman–Crippen LogP) is 1.99. The van der Waals surface area contributed by atoms with Gasteiger partial charge in [0.05, 0.1) is 6.61 Å². The van der Waals surface area contributed by atoms with E-state index in [0.29, 0.717) is 6.61 Å². The summed E-state index contributed by atoms with van der Waals surface area (Å²) >= 11 is 0. The molecule has 1 N–H and O–H groups in total. The number of nitrogens with one attached hydrogen (secondary N) is 1. The Morgan fingerprint density at radius 1 is 1.11 bits per heavy atom. The molecule has 0 aromatic heterocycles. The van der Waals surface area contributed by atoms with Crippen molar-refractivity contribution in [2.75, 3.05) is 11.9 Å². The highest BCUT2D eigenvalue weighted by atomic mass is 16.5. The van der Waals surface area contributed by atoms with Gasteiger partial charge in [0.15, 0.2) is 5.75 Å². The van der Waals surface area contributed by atoms with Crippen LogP contribution in [0.15, 0.2) is 33.9 Å². The van der Waals surface area contributed by atoms with Crippen LogP contribution < -0.4 is 20.9 Å². The molecule has 0 aliphatic carbocycles. The van der Waals surface area contributed by atoms with Crippen LogP contribution in [0.5, 0.6) is 5.75 Å². The number of anilines is 2. The van der Waals surface area contributed by atoms with Crippen LogP contribution in [0, 0.1) is 0 Å². The largest absolute Gasteiger partial charge is 0.488 e. The Morgan fingerprint density at radius 3 is 2.50 bits per heavy atom. The molecule has 0 saturated carbocycles. The van der Waals surface area contributed by atoms with Crippen LogP contribution in [0.2, 0.25) is 0 Å². The van der Waals surface area contributed by atoms with E-state index >= 15 is 0 Å². The van der Waals surface area contributed by atoms with E-state index in [2.05, 4.69) is 5.32 Å². The molecule has 0 radical (unpaired) electrons. The number of hydrogen-bond donors (Lipinski definition) is 1. The van der Waals surface area contributed by atoms with Crippen LogP contribution >= 0.6 is 0 Å². The monoisotopic (exact) mass is 245 g/mol. The first-order chi connectivity index (χ1) is 8.69. The Hall–Kier alpha value is -2.10. The summed E-state index contributed by atoms with van der Waals surface area (Å²) < 4.78 is 5.17. The van der Waals surface area contributed by atoms with Crippen molar-refractivity contribution in [1.29, 1.82) is 0 Å². The Morgan fingerprint density at radius 2 is 1.83 bits per heavy atom. The third kappa shape index (κ3) is 2.01. The molecule has 0 saturated heterocycles. The molecule has 2 aromatic carbocycles. The zero-order chi connectivity index (χ0) is 13.1. The molecular formula is C14H15NO3.